The molecule has 1 saturated heterocycles. The van der Waals surface area contributed by atoms with E-state index in [0.717, 1.165) is 0 Å². The van der Waals surface area contributed by atoms with E-state index in [1.54, 1.807) is 0 Å². The van der Waals surface area contributed by atoms with Crippen LogP contribution in [-0.4, -0.2) is 73.2 Å². The largest absolute Gasteiger partial charge is 0.414 e. The van der Waals surface area contributed by atoms with E-state index < -0.39 is 55.6 Å². The molecule has 0 bridgehead atoms. The standard InChI is InChI=1S/C26H57NO6Si3/c1-18(28)27-20-22(33-36(15,16)26(8,9)10)21(32-35(13,14)25(5,6)7)19(31-23(20)29)17-30-34(11,12)24(2,3)4/h19-23,29H,17H2,1-16H3,(H,27,28)/t19-,20-,21-,22-,23-/m1/s1. The minimum atomic E-state index is -2.31. The van der Waals surface area contributed by atoms with Gasteiger partial charge >= 0.3 is 0 Å². The fourth-order valence-corrected chi connectivity index (χ4v) is 6.91. The summed E-state index contributed by atoms with van der Waals surface area (Å²) < 4.78 is 26.7. The lowest BCUT2D eigenvalue weighted by Crippen LogP contribution is -2.69. The fraction of sp³-hybridized carbons (Fsp3) is 0.962. The molecule has 1 aliphatic rings. The average molecular weight is 564 g/mol. The van der Waals surface area contributed by atoms with Crippen LogP contribution in [0.15, 0.2) is 0 Å². The highest BCUT2D eigenvalue weighted by Crippen LogP contribution is 2.43. The van der Waals surface area contributed by atoms with E-state index in [-0.39, 0.29) is 21.0 Å². The first-order valence-electron chi connectivity index (χ1n) is 13.3. The van der Waals surface area contributed by atoms with Crippen LogP contribution in [0.25, 0.3) is 0 Å². The van der Waals surface area contributed by atoms with E-state index in [2.05, 4.69) is 107 Å². The van der Waals surface area contributed by atoms with E-state index in [9.17, 15) is 9.90 Å². The summed E-state index contributed by atoms with van der Waals surface area (Å²) in [5.41, 5.74) is 0. The molecule has 0 aromatic carbocycles. The topological polar surface area (TPSA) is 86.3 Å². The van der Waals surface area contributed by atoms with Crippen molar-refractivity contribution in [1.82, 2.24) is 5.32 Å². The van der Waals surface area contributed by atoms with Gasteiger partial charge in [-0.25, -0.2) is 0 Å². The Morgan fingerprint density at radius 1 is 0.778 bits per heavy atom. The van der Waals surface area contributed by atoms with Crippen LogP contribution in [0.5, 0.6) is 0 Å². The van der Waals surface area contributed by atoms with E-state index >= 15 is 0 Å². The van der Waals surface area contributed by atoms with Crippen LogP contribution in [0.1, 0.15) is 69.2 Å². The van der Waals surface area contributed by atoms with Crippen molar-refractivity contribution in [2.45, 2.75) is 154 Å². The van der Waals surface area contributed by atoms with Gasteiger partial charge in [0.15, 0.2) is 31.2 Å². The second-order valence-corrected chi connectivity index (χ2v) is 29.4. The number of ether oxygens (including phenoxy) is 1. The summed E-state index contributed by atoms with van der Waals surface area (Å²) in [6.07, 6.45) is -2.82. The van der Waals surface area contributed by atoms with Crippen molar-refractivity contribution in [3.63, 3.8) is 0 Å². The zero-order valence-corrected chi connectivity index (χ0v) is 29.1. The Hall–Kier alpha value is -0.0794. The molecule has 214 valence electrons. The Labute approximate surface area is 224 Å². The summed E-state index contributed by atoms with van der Waals surface area (Å²) in [6, 6.07) is -0.740. The molecule has 1 heterocycles. The van der Waals surface area contributed by atoms with E-state index in [1.165, 1.54) is 6.92 Å². The number of aliphatic hydroxyl groups excluding tert-OH is 1. The van der Waals surface area contributed by atoms with Gasteiger partial charge in [0.05, 0.1) is 12.7 Å². The average Bonchev–Trinajstić information content (AvgIpc) is 2.62. The highest BCUT2D eigenvalue weighted by molar-refractivity contribution is 6.75. The van der Waals surface area contributed by atoms with Gasteiger partial charge in [0.25, 0.3) is 0 Å². The van der Waals surface area contributed by atoms with Gasteiger partial charge in [-0.2, -0.15) is 0 Å². The molecule has 1 amide bonds. The number of nitrogens with one attached hydrogen (secondary N) is 1. The smallest absolute Gasteiger partial charge is 0.217 e. The van der Waals surface area contributed by atoms with Crippen LogP contribution in [0.2, 0.25) is 54.4 Å². The summed E-state index contributed by atoms with van der Waals surface area (Å²) in [5.74, 6) is -0.242. The summed E-state index contributed by atoms with van der Waals surface area (Å²) in [7, 11) is -6.68. The lowest BCUT2D eigenvalue weighted by molar-refractivity contribution is -0.246. The van der Waals surface area contributed by atoms with Gasteiger partial charge in [0, 0.05) is 6.92 Å². The molecule has 0 aromatic rings. The van der Waals surface area contributed by atoms with Crippen LogP contribution in [-0.2, 0) is 22.8 Å². The maximum atomic E-state index is 12.2. The van der Waals surface area contributed by atoms with Gasteiger partial charge in [-0.3, -0.25) is 4.79 Å². The molecule has 0 aromatic heterocycles. The molecule has 5 atom stereocenters. The van der Waals surface area contributed by atoms with Crippen molar-refractivity contribution in [2.24, 2.45) is 0 Å². The fourth-order valence-electron chi connectivity index (χ4n) is 3.27. The molecule has 1 aliphatic heterocycles. The van der Waals surface area contributed by atoms with Crippen molar-refractivity contribution in [3.05, 3.63) is 0 Å². The Kier molecular flexibility index (Phi) is 10.6. The highest BCUT2D eigenvalue weighted by atomic mass is 28.4. The number of hydrogen-bond acceptors (Lipinski definition) is 6. The van der Waals surface area contributed by atoms with Gasteiger partial charge in [-0.1, -0.05) is 62.3 Å². The van der Waals surface area contributed by atoms with Gasteiger partial charge < -0.3 is 28.4 Å². The van der Waals surface area contributed by atoms with Gasteiger partial charge in [-0.05, 0) is 54.4 Å². The minimum Gasteiger partial charge on any atom is -0.414 e. The van der Waals surface area contributed by atoms with Crippen molar-refractivity contribution in [2.75, 3.05) is 6.61 Å². The number of carbonyl (C=O) groups is 1. The summed E-state index contributed by atoms with van der Waals surface area (Å²) in [6.45, 7) is 34.7. The molecule has 2 N–H and O–H groups in total. The molecular weight excluding hydrogens is 507 g/mol. The minimum absolute atomic E-state index is 0.0336. The second-order valence-electron chi connectivity index (χ2n) is 15.0. The third kappa shape index (κ3) is 8.21. The zero-order chi connectivity index (χ0) is 28.7. The van der Waals surface area contributed by atoms with Crippen LogP contribution < -0.4 is 5.32 Å². The maximum Gasteiger partial charge on any atom is 0.217 e. The predicted molar refractivity (Wildman–Crippen MR) is 156 cm³/mol. The van der Waals surface area contributed by atoms with Crippen LogP contribution in [0.4, 0.5) is 0 Å². The number of carbonyl (C=O) groups excluding carboxylic acids is 1. The number of aliphatic hydroxyl groups is 1. The van der Waals surface area contributed by atoms with E-state index in [1.807, 2.05) is 0 Å². The molecule has 0 aliphatic carbocycles. The number of rotatable bonds is 8. The molecular formula is C26H57NO6Si3. The Bertz CT molecular complexity index is 752. The quantitative estimate of drug-likeness (QED) is 0.352. The molecule has 0 radical (unpaired) electrons. The zero-order valence-electron chi connectivity index (χ0n) is 26.1. The lowest BCUT2D eigenvalue weighted by atomic mass is 9.97. The third-order valence-corrected chi connectivity index (χ3v) is 22.4. The van der Waals surface area contributed by atoms with Gasteiger partial charge in [0.2, 0.25) is 5.91 Å². The predicted octanol–water partition coefficient (Wildman–Crippen LogP) is 6.01. The Morgan fingerprint density at radius 3 is 1.53 bits per heavy atom. The summed E-state index contributed by atoms with van der Waals surface area (Å²) in [4.78, 5) is 12.2. The molecule has 0 saturated carbocycles. The molecule has 1 fully saturated rings. The van der Waals surface area contributed by atoms with E-state index in [4.69, 9.17) is 18.0 Å². The van der Waals surface area contributed by atoms with Crippen molar-refractivity contribution < 1.29 is 27.9 Å². The first kappa shape index (κ1) is 33.9. The Balaban J connectivity index is 3.59. The van der Waals surface area contributed by atoms with Crippen LogP contribution >= 0.6 is 0 Å². The number of amides is 1. The molecule has 1 rings (SSSR count). The first-order chi connectivity index (χ1) is 15.7. The third-order valence-electron chi connectivity index (χ3n) is 8.92. The molecule has 0 spiro atoms. The van der Waals surface area contributed by atoms with Gasteiger partial charge in [0.1, 0.15) is 18.2 Å². The lowest BCUT2D eigenvalue weighted by Gasteiger charge is -2.52. The molecule has 36 heavy (non-hydrogen) atoms. The number of hydrogen-bond donors (Lipinski definition) is 2. The highest BCUT2D eigenvalue weighted by Gasteiger charge is 2.54. The summed E-state index contributed by atoms with van der Waals surface area (Å²) in [5, 5.41) is 14.0. The van der Waals surface area contributed by atoms with Crippen LogP contribution in [0.3, 0.4) is 0 Å². The first-order valence-corrected chi connectivity index (χ1v) is 22.1. The molecule has 7 nitrogen and oxygen atoms in total. The Morgan fingerprint density at radius 2 is 1.17 bits per heavy atom. The van der Waals surface area contributed by atoms with Crippen molar-refractivity contribution in [3.8, 4) is 0 Å². The molecule has 0 unspecified atom stereocenters. The van der Waals surface area contributed by atoms with Gasteiger partial charge in [-0.15, -0.1) is 0 Å². The van der Waals surface area contributed by atoms with Crippen molar-refractivity contribution in [1.29, 1.82) is 0 Å². The van der Waals surface area contributed by atoms with E-state index in [0.29, 0.717) is 6.61 Å². The summed E-state index contributed by atoms with van der Waals surface area (Å²) >= 11 is 0. The molecule has 10 heteroatoms. The normalized spacial score (nSPS) is 27.2. The monoisotopic (exact) mass is 563 g/mol. The van der Waals surface area contributed by atoms with Crippen molar-refractivity contribution >= 4 is 30.9 Å². The second kappa shape index (κ2) is 11.2. The maximum absolute atomic E-state index is 12.2. The SMILES string of the molecule is CC(=O)N[C@@H]1[C@@H](O[Si](C)(C)C(C)(C)C)[C@H](O[Si](C)(C)C(C)(C)C)[C@@H](CO[Si](C)(C)C(C)(C)C)O[C@H]1O. The van der Waals surface area contributed by atoms with Crippen LogP contribution in [0, 0.1) is 0 Å².